The van der Waals surface area contributed by atoms with Crippen LogP contribution in [0.15, 0.2) is 383 Å². The van der Waals surface area contributed by atoms with Gasteiger partial charge in [0, 0.05) is 143 Å². The van der Waals surface area contributed by atoms with Crippen molar-refractivity contribution in [2.24, 2.45) is 28.2 Å². The van der Waals surface area contributed by atoms with Crippen LogP contribution in [0.25, 0.3) is 89.5 Å². The minimum atomic E-state index is -2.34. The molecule has 4 nitrogen and oxygen atoms in total. The highest BCUT2D eigenvalue weighted by molar-refractivity contribution is 5.85. The minimum Gasteiger partial charge on any atom is -0.201 e. The molecule has 12 aliphatic carbocycles. The molecule has 20 aromatic rings. The van der Waals surface area contributed by atoms with Gasteiger partial charge in [-0.3, -0.25) is 0 Å². The molecular weight excluding hydrogens is 1750 g/mol. The summed E-state index contributed by atoms with van der Waals surface area (Å²) in [4.78, 5) is 0. The van der Waals surface area contributed by atoms with Gasteiger partial charge in [-0.25, -0.2) is 18.3 Å². The summed E-state index contributed by atoms with van der Waals surface area (Å²) in [6, 6.07) is 117. The Bertz CT molecular complexity index is 9740. The highest BCUT2D eigenvalue weighted by atomic mass is 14.9. The molecule has 32 rings (SSSR count). The van der Waals surface area contributed by atoms with Gasteiger partial charge in [-0.05, 0) is 355 Å². The topological polar surface area (TPSA) is 15.5 Å². The molecule has 8 bridgehead atoms. The van der Waals surface area contributed by atoms with Gasteiger partial charge >= 0.3 is 0 Å². The molecule has 0 amide bonds. The maximum absolute atomic E-state index is 10.2. The maximum atomic E-state index is 10.2. The van der Waals surface area contributed by atoms with E-state index in [0.29, 0.717) is 22.3 Å². The first-order valence-electron chi connectivity index (χ1n) is 60.1. The summed E-state index contributed by atoms with van der Waals surface area (Å²) in [5.41, 5.74) is 43.0. The Morgan fingerprint density at radius 3 is 0.717 bits per heavy atom. The van der Waals surface area contributed by atoms with Gasteiger partial charge in [-0.15, -0.1) is 0 Å². The fourth-order valence-corrected chi connectivity index (χ4v) is 24.7. The van der Waals surface area contributed by atoms with Crippen LogP contribution in [0.3, 0.4) is 0 Å². The SMILES string of the molecule is [2H]C([2H])([2H])c1c[n+](C)c(-c2ccccc2C)cc1-c1cc(C)c2c(c1)C1([2H])c3ccccc3C2([2H])c2cc(C)ccc21.[2H]C([2H])([2H])c1c[n+](C)c(-c2ccccc2C)cc1-c1cc(C)c2c(c1)C1([2H])c3ccccc3C2([2H])c2ccccc21.[2H]C([2H])([2H])c1c[n+](C)c(-c2ccccc2C)cc1-c1cc2c(cc1C)C1([2H])c3ccccc3C2([2H])c2ccccc21.[2H]C([2H])([2H])c1c[n+](C)c(-c2ccccc2C)cc1-c1ccc2c(c1)C1([2H])c3ccccc3C2([2H])c2cc(C)ccc21. The molecule has 145 heavy (non-hydrogen) atoms. The Labute approximate surface area is 883 Å². The highest BCUT2D eigenvalue weighted by Crippen LogP contribution is 2.63. The Morgan fingerprint density at radius 1 is 0.166 bits per heavy atom. The van der Waals surface area contributed by atoms with Crippen molar-refractivity contribution in [1.29, 1.82) is 0 Å². The molecule has 4 heteroatoms. The van der Waals surface area contributed by atoms with Gasteiger partial charge in [-0.1, -0.05) is 296 Å². The molecule has 12 aliphatic rings. The van der Waals surface area contributed by atoms with Crippen molar-refractivity contribution in [1.82, 2.24) is 0 Å². The number of hydrogen-bond acceptors (Lipinski definition) is 0. The Balaban J connectivity index is 0.000000111. The van der Waals surface area contributed by atoms with Gasteiger partial charge in [0.2, 0.25) is 22.8 Å². The summed E-state index contributed by atoms with van der Waals surface area (Å²) in [6.45, 7) is 8.90. The number of rotatable bonds is 8. The van der Waals surface area contributed by atoms with E-state index in [0.717, 1.165) is 251 Å². The number of aryl methyl sites for hydroxylation is 17. The molecule has 4 aromatic heterocycles. The molecule has 0 fully saturated rings. The molecule has 4 heterocycles. The number of aromatic nitrogens is 4. The van der Waals surface area contributed by atoms with E-state index >= 15 is 0 Å². The first-order valence-corrected chi connectivity index (χ1v) is 50.1. The van der Waals surface area contributed by atoms with Gasteiger partial charge in [0.25, 0.3) is 0 Å². The van der Waals surface area contributed by atoms with E-state index in [4.69, 9.17) is 16.4 Å². The van der Waals surface area contributed by atoms with E-state index in [1.54, 1.807) is 24.8 Å². The molecule has 0 spiro atoms. The zero-order valence-electron chi connectivity index (χ0n) is 104. The summed E-state index contributed by atoms with van der Waals surface area (Å²) in [6.07, 6.45) is 6.88. The lowest BCUT2D eigenvalue weighted by Gasteiger charge is -2.43. The van der Waals surface area contributed by atoms with E-state index in [2.05, 4.69) is 82.3 Å². The number of hydrogen-bond donors (Lipinski definition) is 0. The largest absolute Gasteiger partial charge is 0.213 e. The van der Waals surface area contributed by atoms with Crippen LogP contribution in [0.1, 0.15) is 280 Å². The van der Waals surface area contributed by atoms with Crippen molar-refractivity contribution in [2.45, 2.75) is 137 Å². The predicted octanol–water partition coefficient (Wildman–Crippen LogP) is 31.3. The van der Waals surface area contributed by atoms with Gasteiger partial charge in [0.1, 0.15) is 28.2 Å². The molecule has 4 unspecified atom stereocenters. The fourth-order valence-electron chi connectivity index (χ4n) is 24.7. The van der Waals surface area contributed by atoms with Crippen molar-refractivity contribution >= 4 is 0 Å². The molecule has 702 valence electrons. The summed E-state index contributed by atoms with van der Waals surface area (Å²) in [5.74, 6) is -9.51. The quantitative estimate of drug-likeness (QED) is 0.135. The summed E-state index contributed by atoms with van der Waals surface area (Å²) < 4.78 is 189. The van der Waals surface area contributed by atoms with Crippen LogP contribution in [0.4, 0.5) is 0 Å². The van der Waals surface area contributed by atoms with Crippen molar-refractivity contribution < 1.29 is 45.7 Å². The van der Waals surface area contributed by atoms with Crippen molar-refractivity contribution in [3.63, 3.8) is 0 Å². The molecular formula is C141H122N4+4. The smallest absolute Gasteiger partial charge is 0.201 e. The Morgan fingerprint density at radius 2 is 0.393 bits per heavy atom. The van der Waals surface area contributed by atoms with Gasteiger partial charge in [-0.2, -0.15) is 0 Å². The van der Waals surface area contributed by atoms with Gasteiger partial charge in [0.05, 0.1) is 0 Å². The predicted molar refractivity (Wildman–Crippen MR) is 595 cm³/mol. The molecule has 4 atom stereocenters. The molecule has 0 saturated carbocycles. The second-order valence-corrected chi connectivity index (χ2v) is 40.4. The van der Waals surface area contributed by atoms with Crippen LogP contribution in [-0.4, -0.2) is 0 Å². The zero-order valence-corrected chi connectivity index (χ0v) is 83.7. The van der Waals surface area contributed by atoms with Crippen LogP contribution in [0.2, 0.25) is 0 Å². The number of nitrogens with zero attached hydrogens (tertiary/aromatic N) is 4. The third-order valence-electron chi connectivity index (χ3n) is 31.4. The normalized spacial score (nSPS) is 23.3. The average molecular weight is 1890 g/mol. The van der Waals surface area contributed by atoms with Gasteiger partial charge < -0.3 is 0 Å². The van der Waals surface area contributed by atoms with Crippen LogP contribution in [0, 0.1) is 89.7 Å². The van der Waals surface area contributed by atoms with Crippen LogP contribution < -0.4 is 18.3 Å². The molecule has 0 N–H and O–H groups in total. The average Bonchev–Trinajstić information content (AvgIpc) is 0.668. The van der Waals surface area contributed by atoms with E-state index in [1.807, 2.05) is 384 Å². The lowest BCUT2D eigenvalue weighted by molar-refractivity contribution is -0.660. The molecule has 0 saturated heterocycles. The monoisotopic (exact) mass is 1890 g/mol. The third kappa shape index (κ3) is 14.6. The summed E-state index contributed by atoms with van der Waals surface area (Å²) >= 11 is 0. The van der Waals surface area contributed by atoms with Crippen molar-refractivity contribution in [3.05, 3.63) is 589 Å². The maximum Gasteiger partial charge on any atom is 0.213 e. The van der Waals surface area contributed by atoms with Crippen molar-refractivity contribution in [2.75, 3.05) is 0 Å². The standard InChI is InChI=1S/C36H32N.3C35H30N/c1-21-14-15-29-31(16-21)36-28-13-9-8-12-27(28)35(29)32-18-25(17-23(3)34(32)36)30-19-33(37(5)20-24(30)4)26-11-7-6-10-22(26)2;1-21-11-5-6-12-25(21)32-19-30(23(3)20-36(32)4)24-17-22(2)33-31(18-24)34-26-13-7-9-15-28(26)35(33)29-16-10-8-14-27(29)34;1-21-11-5-6-12-24(21)33-19-30(23(3)20-36(33)4)29-18-32-31(17-22(29)2)34-25-13-7-9-15-27(25)35(32)28-16-10-8-14-26(28)34;1-21-13-15-28-31(17-21)34-26-11-7-8-12-27(26)35(28)32-18-24(14-16-29(32)34)30-19-33(36(4)20-23(30)3)25-10-6-5-9-22(25)2/h6-20,35-36H,1-5H3;3*5-20,34-35H,1-4H3/q4*+1/i4D3,35D,36D;3*3D3,34D,35D. The van der Waals surface area contributed by atoms with Crippen LogP contribution in [-0.2, 0) is 28.2 Å². The number of benzene rings is 16. The summed E-state index contributed by atoms with van der Waals surface area (Å²) in [7, 11) is 7.53. The van der Waals surface area contributed by atoms with Crippen molar-refractivity contribution in [3.8, 4) is 89.5 Å². The van der Waals surface area contributed by atoms with E-state index < -0.39 is 74.6 Å². The van der Waals surface area contributed by atoms with Crippen LogP contribution >= 0.6 is 0 Å². The Hall–Kier alpha value is -15.9. The third-order valence-corrected chi connectivity index (χ3v) is 31.4. The lowest BCUT2D eigenvalue weighted by atomic mass is 9.60. The molecule has 0 aliphatic heterocycles. The first kappa shape index (κ1) is 70.7. The molecule has 0 radical (unpaired) electrons. The minimum absolute atomic E-state index is 0.259. The highest BCUT2D eigenvalue weighted by Gasteiger charge is 2.48. The first-order chi connectivity index (χ1) is 78.3. The molecule has 16 aromatic carbocycles. The second-order valence-electron chi connectivity index (χ2n) is 40.4. The number of pyridine rings is 4. The fraction of sp³-hybridized carbons (Fsp3) is 0.177. The zero-order chi connectivity index (χ0) is 116. The Kier molecular flexibility index (Phi) is 17.2. The van der Waals surface area contributed by atoms with E-state index in [1.165, 1.54) is 0 Å². The van der Waals surface area contributed by atoms with E-state index in [9.17, 15) is 11.0 Å². The van der Waals surface area contributed by atoms with E-state index in [-0.39, 0.29) is 22.3 Å². The van der Waals surface area contributed by atoms with Crippen LogP contribution in [0.5, 0.6) is 0 Å². The van der Waals surface area contributed by atoms with Gasteiger partial charge in [0.15, 0.2) is 24.8 Å². The lowest BCUT2D eigenvalue weighted by Crippen LogP contribution is -2.31. The summed E-state index contributed by atoms with van der Waals surface area (Å²) in [5, 5.41) is 0. The second kappa shape index (κ2) is 35.3.